The Balaban J connectivity index is 2.12. The third kappa shape index (κ3) is 3.07. The Labute approximate surface area is 125 Å². The molecule has 7 heteroatoms. The van der Waals surface area contributed by atoms with Crippen LogP contribution in [0.3, 0.4) is 0 Å². The van der Waals surface area contributed by atoms with Crippen LogP contribution in [0.4, 0.5) is 0 Å². The number of hydrogen-bond donors (Lipinski definition) is 2. The van der Waals surface area contributed by atoms with Gasteiger partial charge < -0.3 is 9.15 Å². The van der Waals surface area contributed by atoms with Gasteiger partial charge in [0.15, 0.2) is 0 Å². The van der Waals surface area contributed by atoms with Crippen LogP contribution >= 0.6 is 23.2 Å². The Morgan fingerprint density at radius 3 is 2.90 bits per heavy atom. The van der Waals surface area contributed by atoms with Crippen molar-refractivity contribution in [3.8, 4) is 5.75 Å². The largest absolute Gasteiger partial charge is 0.484 e. The van der Waals surface area contributed by atoms with Crippen molar-refractivity contribution in [3.05, 3.63) is 51.4 Å². The Morgan fingerprint density at radius 2 is 2.20 bits per heavy atom. The van der Waals surface area contributed by atoms with Crippen LogP contribution in [0.25, 0.3) is 0 Å². The van der Waals surface area contributed by atoms with E-state index in [9.17, 15) is 4.79 Å². The van der Waals surface area contributed by atoms with Crippen LogP contribution in [0.2, 0.25) is 10.0 Å². The number of hydrogen-bond acceptors (Lipinski definition) is 4. The molecule has 0 bridgehead atoms. The third-order valence-electron chi connectivity index (χ3n) is 2.63. The summed E-state index contributed by atoms with van der Waals surface area (Å²) in [7, 11) is 0. The maximum Gasteiger partial charge on any atom is 0.268 e. The van der Waals surface area contributed by atoms with Gasteiger partial charge in [0.25, 0.3) is 5.91 Å². The van der Waals surface area contributed by atoms with Crippen molar-refractivity contribution in [2.24, 2.45) is 5.84 Å². The van der Waals surface area contributed by atoms with Crippen molar-refractivity contribution in [2.75, 3.05) is 0 Å². The predicted octanol–water partition coefficient (Wildman–Crippen LogP) is 3.08. The molecule has 0 aliphatic rings. The Bertz CT molecular complexity index is 641. The molecular formula is C13H12Cl2N2O3. The molecule has 1 aromatic heterocycles. The van der Waals surface area contributed by atoms with Gasteiger partial charge in [-0.1, -0.05) is 29.3 Å². The highest BCUT2D eigenvalue weighted by Crippen LogP contribution is 2.32. The van der Waals surface area contributed by atoms with Gasteiger partial charge in [0.1, 0.15) is 28.9 Å². The lowest BCUT2D eigenvalue weighted by Gasteiger charge is -2.06. The second-order valence-corrected chi connectivity index (χ2v) is 4.78. The normalized spacial score (nSPS) is 10.4. The number of hydrazine groups is 1. The van der Waals surface area contributed by atoms with Crippen molar-refractivity contribution in [3.63, 3.8) is 0 Å². The van der Waals surface area contributed by atoms with Crippen LogP contribution in [0.15, 0.2) is 28.7 Å². The van der Waals surface area contributed by atoms with Crippen molar-refractivity contribution in [2.45, 2.75) is 13.5 Å². The SMILES string of the molecule is Cc1oc(COc2cccc(Cl)c2Cl)cc1C(=O)NN. The molecule has 1 aromatic carbocycles. The van der Waals surface area contributed by atoms with Crippen LogP contribution in [0.5, 0.6) is 5.75 Å². The van der Waals surface area contributed by atoms with Gasteiger partial charge in [-0.05, 0) is 25.1 Å². The highest BCUT2D eigenvalue weighted by Gasteiger charge is 2.14. The fourth-order valence-corrected chi connectivity index (χ4v) is 2.01. The number of ether oxygens (including phenoxy) is 1. The molecule has 3 N–H and O–H groups in total. The quantitative estimate of drug-likeness (QED) is 0.516. The number of carbonyl (C=O) groups excluding carboxylic acids is 1. The molecule has 1 heterocycles. The lowest BCUT2D eigenvalue weighted by Crippen LogP contribution is -2.30. The monoisotopic (exact) mass is 314 g/mol. The molecule has 0 saturated heterocycles. The van der Waals surface area contributed by atoms with Crippen molar-refractivity contribution < 1.29 is 13.9 Å². The standard InChI is InChI=1S/C13H12Cl2N2O3/c1-7-9(13(18)17-16)5-8(20-7)6-19-11-4-2-3-10(14)12(11)15/h2-5H,6,16H2,1H3,(H,17,18). The highest BCUT2D eigenvalue weighted by atomic mass is 35.5. The topological polar surface area (TPSA) is 77.5 Å². The Hall–Kier alpha value is -1.69. The highest BCUT2D eigenvalue weighted by molar-refractivity contribution is 6.42. The van der Waals surface area contributed by atoms with Crippen LogP contribution in [0, 0.1) is 6.92 Å². The molecule has 2 aromatic rings. The van der Waals surface area contributed by atoms with E-state index in [1.807, 2.05) is 5.43 Å². The minimum Gasteiger partial charge on any atom is -0.484 e. The van der Waals surface area contributed by atoms with Crippen molar-refractivity contribution in [1.29, 1.82) is 0 Å². The summed E-state index contributed by atoms with van der Waals surface area (Å²) in [5, 5.41) is 0.736. The molecule has 1 amide bonds. The first-order valence-corrected chi connectivity index (χ1v) is 6.45. The number of furan rings is 1. The number of nitrogens with two attached hydrogens (primary N) is 1. The van der Waals surface area contributed by atoms with Gasteiger partial charge in [0.05, 0.1) is 10.6 Å². The van der Waals surface area contributed by atoms with Crippen LogP contribution in [-0.4, -0.2) is 5.91 Å². The van der Waals surface area contributed by atoms with Crippen LogP contribution in [-0.2, 0) is 6.61 Å². The van der Waals surface area contributed by atoms with E-state index in [0.717, 1.165) is 0 Å². The molecule has 5 nitrogen and oxygen atoms in total. The summed E-state index contributed by atoms with van der Waals surface area (Å²) in [6, 6.07) is 6.65. The van der Waals surface area contributed by atoms with Gasteiger partial charge in [-0.15, -0.1) is 0 Å². The van der Waals surface area contributed by atoms with Crippen molar-refractivity contribution in [1.82, 2.24) is 5.43 Å². The number of carbonyl (C=O) groups is 1. The summed E-state index contributed by atoms with van der Waals surface area (Å²) in [6.07, 6.45) is 0. The molecule has 20 heavy (non-hydrogen) atoms. The molecule has 0 radical (unpaired) electrons. The third-order valence-corrected chi connectivity index (χ3v) is 3.43. The number of halogens is 2. The lowest BCUT2D eigenvalue weighted by atomic mass is 10.2. The number of aryl methyl sites for hydroxylation is 1. The zero-order valence-electron chi connectivity index (χ0n) is 10.6. The summed E-state index contributed by atoms with van der Waals surface area (Å²) >= 11 is 11.9. The number of rotatable bonds is 4. The summed E-state index contributed by atoms with van der Waals surface area (Å²) in [6.45, 7) is 1.79. The molecule has 0 aliphatic heterocycles. The molecule has 0 saturated carbocycles. The van der Waals surface area contributed by atoms with Gasteiger partial charge in [-0.2, -0.15) is 0 Å². The average molecular weight is 315 g/mol. The molecule has 0 atom stereocenters. The molecule has 0 fully saturated rings. The van der Waals surface area contributed by atoms with Gasteiger partial charge in [-0.25, -0.2) is 5.84 Å². The van der Waals surface area contributed by atoms with E-state index in [2.05, 4.69) is 0 Å². The molecule has 106 valence electrons. The number of nitrogen functional groups attached to an aromatic ring is 1. The fourth-order valence-electron chi connectivity index (χ4n) is 1.66. The van der Waals surface area contributed by atoms with E-state index in [1.54, 1.807) is 31.2 Å². The minimum absolute atomic E-state index is 0.124. The van der Waals surface area contributed by atoms with Crippen LogP contribution in [0.1, 0.15) is 21.9 Å². The number of nitrogens with one attached hydrogen (secondary N) is 1. The van der Waals surface area contributed by atoms with E-state index in [4.69, 9.17) is 38.2 Å². The maximum atomic E-state index is 11.4. The smallest absolute Gasteiger partial charge is 0.268 e. The first-order valence-electron chi connectivity index (χ1n) is 5.70. The first-order chi connectivity index (χ1) is 9.52. The second kappa shape index (κ2) is 6.17. The Kier molecular flexibility index (Phi) is 4.54. The van der Waals surface area contributed by atoms with Gasteiger partial charge in [0, 0.05) is 0 Å². The zero-order valence-corrected chi connectivity index (χ0v) is 12.1. The summed E-state index contributed by atoms with van der Waals surface area (Å²) < 4.78 is 10.9. The number of benzene rings is 1. The maximum absolute atomic E-state index is 11.4. The minimum atomic E-state index is -0.418. The van der Waals surface area contributed by atoms with Crippen LogP contribution < -0.4 is 16.0 Å². The van der Waals surface area contributed by atoms with E-state index in [-0.39, 0.29) is 6.61 Å². The van der Waals surface area contributed by atoms with E-state index >= 15 is 0 Å². The molecule has 0 unspecified atom stereocenters. The van der Waals surface area contributed by atoms with E-state index in [1.165, 1.54) is 0 Å². The van der Waals surface area contributed by atoms with E-state index in [0.29, 0.717) is 32.9 Å². The number of amides is 1. The summed E-state index contributed by atoms with van der Waals surface area (Å²) in [5.74, 6) is 6.05. The molecule has 0 spiro atoms. The second-order valence-electron chi connectivity index (χ2n) is 4.00. The van der Waals surface area contributed by atoms with Gasteiger partial charge >= 0.3 is 0 Å². The Morgan fingerprint density at radius 1 is 1.45 bits per heavy atom. The fraction of sp³-hybridized carbons (Fsp3) is 0.154. The van der Waals surface area contributed by atoms with Crippen molar-refractivity contribution >= 4 is 29.1 Å². The first kappa shape index (κ1) is 14.7. The summed E-state index contributed by atoms with van der Waals surface area (Å²) in [4.78, 5) is 11.4. The summed E-state index contributed by atoms with van der Waals surface area (Å²) in [5.41, 5.74) is 2.41. The van der Waals surface area contributed by atoms with Gasteiger partial charge in [-0.3, -0.25) is 10.2 Å². The molecule has 0 aliphatic carbocycles. The van der Waals surface area contributed by atoms with Gasteiger partial charge in [0.2, 0.25) is 0 Å². The predicted molar refractivity (Wildman–Crippen MR) is 75.9 cm³/mol. The zero-order chi connectivity index (χ0) is 14.7. The lowest BCUT2D eigenvalue weighted by molar-refractivity contribution is 0.0952. The molecule has 2 rings (SSSR count). The molecular weight excluding hydrogens is 303 g/mol. The van der Waals surface area contributed by atoms with E-state index < -0.39 is 5.91 Å². The average Bonchev–Trinajstić information content (AvgIpc) is 2.81.